The monoisotopic (exact) mass is 398 g/mol. The van der Waals surface area contributed by atoms with Crippen molar-refractivity contribution >= 4 is 38.4 Å². The molecule has 0 aliphatic heterocycles. The molecule has 3 N–H and O–H groups in total. The number of nitrogens with one attached hydrogen (secondary N) is 1. The Morgan fingerprint density at radius 2 is 1.61 bits per heavy atom. The van der Waals surface area contributed by atoms with Crippen LogP contribution in [0.3, 0.4) is 0 Å². The Labute approximate surface area is 162 Å². The Morgan fingerprint density at radius 1 is 0.929 bits per heavy atom. The molecule has 0 bridgehead atoms. The highest BCUT2D eigenvalue weighted by Crippen LogP contribution is 2.21. The number of esters is 1. The van der Waals surface area contributed by atoms with E-state index >= 15 is 0 Å². The van der Waals surface area contributed by atoms with Crippen LogP contribution in [0.15, 0.2) is 71.6 Å². The summed E-state index contributed by atoms with van der Waals surface area (Å²) in [5, 5.41) is 1.78. The second kappa shape index (κ2) is 8.10. The fourth-order valence-electron chi connectivity index (χ4n) is 2.61. The fourth-order valence-corrected chi connectivity index (χ4v) is 3.70. The molecule has 0 fully saturated rings. The van der Waals surface area contributed by atoms with E-state index in [4.69, 9.17) is 5.73 Å². The molecule has 144 valence electrons. The Kier molecular flexibility index (Phi) is 5.60. The van der Waals surface area contributed by atoms with E-state index in [2.05, 4.69) is 9.46 Å². The van der Waals surface area contributed by atoms with Crippen molar-refractivity contribution in [3.8, 4) is 0 Å². The quantitative estimate of drug-likeness (QED) is 0.592. The van der Waals surface area contributed by atoms with Gasteiger partial charge in [-0.15, -0.1) is 0 Å². The zero-order valence-corrected chi connectivity index (χ0v) is 15.6. The number of anilines is 1. The number of hydrogen-bond donors (Lipinski definition) is 2. The highest BCUT2D eigenvalue weighted by Gasteiger charge is 2.15. The van der Waals surface area contributed by atoms with Gasteiger partial charge >= 0.3 is 5.97 Å². The van der Waals surface area contributed by atoms with Gasteiger partial charge in [0.25, 0.3) is 15.9 Å². The molecule has 0 aromatic heterocycles. The van der Waals surface area contributed by atoms with Gasteiger partial charge in [-0.3, -0.25) is 14.3 Å². The fraction of sp³-hybridized carbons (Fsp3) is 0.100. The Balaban J connectivity index is 1.70. The summed E-state index contributed by atoms with van der Waals surface area (Å²) in [7, 11) is -3.75. The highest BCUT2D eigenvalue weighted by atomic mass is 32.2. The van der Waals surface area contributed by atoms with Crippen LogP contribution in [0.1, 0.15) is 5.56 Å². The smallest absolute Gasteiger partial charge is 0.310 e. The third kappa shape index (κ3) is 4.86. The van der Waals surface area contributed by atoms with E-state index in [1.165, 1.54) is 0 Å². The molecule has 0 heterocycles. The number of rotatable bonds is 7. The molecule has 0 saturated carbocycles. The molecule has 28 heavy (non-hydrogen) atoms. The summed E-state index contributed by atoms with van der Waals surface area (Å²) in [6.07, 6.45) is -0.0506. The molecule has 0 unspecified atom stereocenters. The van der Waals surface area contributed by atoms with Crippen molar-refractivity contribution in [2.24, 2.45) is 5.73 Å². The first-order chi connectivity index (χ1) is 13.3. The SMILES string of the molecule is NC(=O)COC(=O)Cc1ccc(NS(=O)(=O)c2ccc3ccccc3c2)cc1. The second-order valence-electron chi connectivity index (χ2n) is 6.12. The molecule has 1 amide bonds. The number of ether oxygens (including phenoxy) is 1. The molecule has 3 aromatic carbocycles. The average Bonchev–Trinajstić information content (AvgIpc) is 2.67. The van der Waals surface area contributed by atoms with Crippen molar-refractivity contribution in [1.29, 1.82) is 0 Å². The van der Waals surface area contributed by atoms with Crippen molar-refractivity contribution in [3.63, 3.8) is 0 Å². The number of amides is 1. The topological polar surface area (TPSA) is 116 Å². The number of fused-ring (bicyclic) bond motifs is 1. The summed E-state index contributed by atoms with van der Waals surface area (Å²) >= 11 is 0. The lowest BCUT2D eigenvalue weighted by molar-refractivity contribution is -0.147. The summed E-state index contributed by atoms with van der Waals surface area (Å²) in [4.78, 5) is 22.3. The van der Waals surface area contributed by atoms with Crippen LogP contribution >= 0.6 is 0 Å². The maximum Gasteiger partial charge on any atom is 0.310 e. The molecule has 3 rings (SSSR count). The van der Waals surface area contributed by atoms with E-state index in [1.54, 1.807) is 42.5 Å². The third-order valence-corrected chi connectivity index (χ3v) is 5.34. The van der Waals surface area contributed by atoms with Crippen molar-refractivity contribution in [1.82, 2.24) is 0 Å². The Bertz CT molecular complexity index is 1120. The molecule has 0 spiro atoms. The van der Waals surface area contributed by atoms with Gasteiger partial charge in [-0.25, -0.2) is 8.42 Å². The van der Waals surface area contributed by atoms with Crippen molar-refractivity contribution in [3.05, 3.63) is 72.3 Å². The second-order valence-corrected chi connectivity index (χ2v) is 7.80. The zero-order valence-electron chi connectivity index (χ0n) is 14.8. The number of carbonyl (C=O) groups is 2. The summed E-state index contributed by atoms with van der Waals surface area (Å²) in [6.45, 7) is -0.470. The van der Waals surface area contributed by atoms with E-state index in [-0.39, 0.29) is 11.3 Å². The van der Waals surface area contributed by atoms with E-state index in [0.717, 1.165) is 10.8 Å². The van der Waals surface area contributed by atoms with Gasteiger partial charge in [0.2, 0.25) is 0 Å². The van der Waals surface area contributed by atoms with Gasteiger partial charge in [-0.1, -0.05) is 42.5 Å². The van der Waals surface area contributed by atoms with E-state index < -0.39 is 28.5 Å². The van der Waals surface area contributed by atoms with Gasteiger partial charge in [0.1, 0.15) is 0 Å². The lowest BCUT2D eigenvalue weighted by Crippen LogP contribution is -2.21. The number of carbonyl (C=O) groups excluding carboxylic acids is 2. The molecule has 0 aliphatic rings. The summed E-state index contributed by atoms with van der Waals surface area (Å²) in [5.74, 6) is -1.32. The van der Waals surface area contributed by atoms with Gasteiger partial charge < -0.3 is 10.5 Å². The predicted octanol–water partition coefficient (Wildman–Crippen LogP) is 2.21. The number of benzene rings is 3. The molecule has 7 nitrogen and oxygen atoms in total. The first kappa shape index (κ1) is 19.4. The Hall–Kier alpha value is -3.39. The third-order valence-electron chi connectivity index (χ3n) is 3.96. The zero-order chi connectivity index (χ0) is 20.1. The largest absolute Gasteiger partial charge is 0.455 e. The van der Waals surface area contributed by atoms with Crippen LogP contribution < -0.4 is 10.5 Å². The van der Waals surface area contributed by atoms with Crippen LogP contribution in [0.25, 0.3) is 10.8 Å². The van der Waals surface area contributed by atoms with Crippen molar-refractivity contribution < 1.29 is 22.7 Å². The minimum absolute atomic E-state index is 0.0506. The first-order valence-corrected chi connectivity index (χ1v) is 9.86. The lowest BCUT2D eigenvalue weighted by atomic mass is 10.1. The Morgan fingerprint density at radius 3 is 2.29 bits per heavy atom. The van der Waals surface area contributed by atoms with Gasteiger partial charge in [0.15, 0.2) is 6.61 Å². The molecule has 0 saturated heterocycles. The van der Waals surface area contributed by atoms with Crippen LogP contribution in [0.4, 0.5) is 5.69 Å². The highest BCUT2D eigenvalue weighted by molar-refractivity contribution is 7.92. The number of nitrogens with two attached hydrogens (primary N) is 1. The molecular formula is C20H18N2O5S. The molecule has 0 aliphatic carbocycles. The lowest BCUT2D eigenvalue weighted by Gasteiger charge is -2.10. The van der Waals surface area contributed by atoms with Gasteiger partial charge in [0.05, 0.1) is 11.3 Å². The van der Waals surface area contributed by atoms with Crippen molar-refractivity contribution in [2.75, 3.05) is 11.3 Å². The summed E-state index contributed by atoms with van der Waals surface area (Å²) in [6, 6.07) is 18.7. The normalized spacial score (nSPS) is 11.1. The minimum atomic E-state index is -3.75. The average molecular weight is 398 g/mol. The minimum Gasteiger partial charge on any atom is -0.455 e. The van der Waals surface area contributed by atoms with E-state index in [0.29, 0.717) is 11.3 Å². The van der Waals surface area contributed by atoms with Gasteiger partial charge in [-0.2, -0.15) is 0 Å². The van der Waals surface area contributed by atoms with Crippen LogP contribution in [0.2, 0.25) is 0 Å². The predicted molar refractivity (Wildman–Crippen MR) is 105 cm³/mol. The van der Waals surface area contributed by atoms with E-state index in [1.807, 2.05) is 24.3 Å². The van der Waals surface area contributed by atoms with Crippen LogP contribution in [0, 0.1) is 0 Å². The first-order valence-electron chi connectivity index (χ1n) is 8.38. The standard InChI is InChI=1S/C20H18N2O5S/c21-19(23)13-27-20(24)11-14-5-8-17(9-6-14)22-28(25,26)18-10-7-15-3-1-2-4-16(15)12-18/h1-10,12,22H,11,13H2,(H2,21,23). The van der Waals surface area contributed by atoms with Crippen LogP contribution in [0.5, 0.6) is 0 Å². The van der Waals surface area contributed by atoms with E-state index in [9.17, 15) is 18.0 Å². The van der Waals surface area contributed by atoms with Gasteiger partial charge in [-0.05, 0) is 40.6 Å². The maximum absolute atomic E-state index is 12.6. The molecule has 0 atom stereocenters. The molecular weight excluding hydrogens is 380 g/mol. The van der Waals surface area contributed by atoms with Crippen molar-refractivity contribution in [2.45, 2.75) is 11.3 Å². The maximum atomic E-state index is 12.6. The number of sulfonamides is 1. The molecule has 0 radical (unpaired) electrons. The molecule has 3 aromatic rings. The van der Waals surface area contributed by atoms with Gasteiger partial charge in [0, 0.05) is 5.69 Å². The summed E-state index contributed by atoms with van der Waals surface area (Å²) < 4.78 is 32.5. The van der Waals surface area contributed by atoms with Crippen LogP contribution in [-0.2, 0) is 30.8 Å². The number of primary amides is 1. The molecule has 8 heteroatoms. The summed E-state index contributed by atoms with van der Waals surface area (Å²) in [5.41, 5.74) is 5.89. The van der Waals surface area contributed by atoms with Crippen LogP contribution in [-0.4, -0.2) is 26.9 Å². The number of hydrogen-bond acceptors (Lipinski definition) is 5.